The Kier molecular flexibility index (Phi) is 4.95. The minimum atomic E-state index is 0. The molecule has 2 aliphatic carbocycles. The van der Waals surface area contributed by atoms with Gasteiger partial charge in [-0.3, -0.25) is 9.48 Å². The second kappa shape index (κ2) is 7.60. The van der Waals surface area contributed by atoms with Crippen LogP contribution in [0.3, 0.4) is 0 Å². The highest BCUT2D eigenvalue weighted by atomic mass is 16.2. The molecule has 0 bridgehead atoms. The highest BCUT2D eigenvalue weighted by Gasteiger charge is 2.43. The molecule has 4 aromatic rings. The van der Waals surface area contributed by atoms with E-state index in [9.17, 15) is 4.79 Å². The van der Waals surface area contributed by atoms with Gasteiger partial charge in [-0.25, -0.2) is 9.97 Å². The maximum atomic E-state index is 13.7. The molecule has 4 aromatic heterocycles. The number of aryl methyl sites for hydroxylation is 4. The van der Waals surface area contributed by atoms with Crippen LogP contribution < -0.4 is 5.32 Å². The van der Waals surface area contributed by atoms with Crippen LogP contribution in [0, 0.1) is 6.92 Å². The zero-order chi connectivity index (χ0) is 22.1. The summed E-state index contributed by atoms with van der Waals surface area (Å²) < 4.78 is 5.88. The van der Waals surface area contributed by atoms with E-state index in [4.69, 9.17) is 4.98 Å². The first-order valence-corrected chi connectivity index (χ1v) is 11.4. The largest absolute Gasteiger partial charge is 0.333 e. The molecule has 0 atom stereocenters. The van der Waals surface area contributed by atoms with Crippen molar-refractivity contribution in [1.82, 2.24) is 33.8 Å². The summed E-state index contributed by atoms with van der Waals surface area (Å²) in [5.74, 6) is 1.52. The molecule has 0 radical (unpaired) electrons. The number of amides is 1. The predicted octanol–water partition coefficient (Wildman–Crippen LogP) is 4.13. The molecule has 174 valence electrons. The zero-order valence-corrected chi connectivity index (χ0v) is 19.0. The Morgan fingerprint density at radius 1 is 1.18 bits per heavy atom. The van der Waals surface area contributed by atoms with Gasteiger partial charge in [-0.1, -0.05) is 7.43 Å². The topological polar surface area (TPSA) is 85.8 Å². The van der Waals surface area contributed by atoms with Crippen molar-refractivity contribution in [1.29, 1.82) is 0 Å². The van der Waals surface area contributed by atoms with E-state index in [1.54, 1.807) is 6.33 Å². The molecule has 0 aliphatic heterocycles. The van der Waals surface area contributed by atoms with Crippen LogP contribution in [-0.4, -0.2) is 51.8 Å². The number of rotatable bonds is 6. The third kappa shape index (κ3) is 3.37. The average Bonchev–Trinajstić information content (AvgIpc) is 3.68. The number of carbonyl (C=O) groups is 1. The highest BCUT2D eigenvalue weighted by Crippen LogP contribution is 2.39. The first-order valence-electron chi connectivity index (χ1n) is 11.4. The quantitative estimate of drug-likeness (QED) is 0.479. The van der Waals surface area contributed by atoms with Crippen molar-refractivity contribution in [3.8, 4) is 0 Å². The fraction of sp³-hybridized carbons (Fsp3) is 0.500. The number of nitrogens with one attached hydrogen (secondary N) is 1. The monoisotopic (exact) mass is 448 g/mol. The number of hydrogen-bond acceptors (Lipinski definition) is 5. The highest BCUT2D eigenvalue weighted by molar-refractivity contribution is 6.10. The summed E-state index contributed by atoms with van der Waals surface area (Å²) in [4.78, 5) is 25.4. The van der Waals surface area contributed by atoms with Gasteiger partial charge < -0.3 is 19.4 Å². The predicted molar refractivity (Wildman–Crippen MR) is 130 cm³/mol. The van der Waals surface area contributed by atoms with E-state index >= 15 is 0 Å². The van der Waals surface area contributed by atoms with E-state index in [-0.39, 0.29) is 13.3 Å². The number of imidazole rings is 1. The van der Waals surface area contributed by atoms with E-state index < -0.39 is 0 Å². The standard InChI is InChI=1S/C23H28N8O.CH4/c1-5-30-17(23(32)31(14-6-7-14)15-8-9-15)11-16-20-19(24-12-28(20)3)21(26-22(16)30)25-18-10-13(2)29(4)27-18;/h10-12,14-15H,5-9H2,1-4H3,(H,25,26,27);1H4. The number of pyridine rings is 1. The Morgan fingerprint density at radius 3 is 2.45 bits per heavy atom. The molecule has 0 saturated heterocycles. The number of carbonyl (C=O) groups excluding carboxylic acids is 1. The lowest BCUT2D eigenvalue weighted by Gasteiger charge is -2.22. The Hall–Kier alpha value is -3.36. The number of hydrogen-bond donors (Lipinski definition) is 1. The van der Waals surface area contributed by atoms with Crippen LogP contribution in [0.4, 0.5) is 11.6 Å². The lowest BCUT2D eigenvalue weighted by molar-refractivity contribution is 0.0719. The smallest absolute Gasteiger partial charge is 0.271 e. The summed E-state index contributed by atoms with van der Waals surface area (Å²) in [6, 6.07) is 4.82. The lowest BCUT2D eigenvalue weighted by atomic mass is 10.2. The average molecular weight is 449 g/mol. The number of aromatic nitrogens is 6. The van der Waals surface area contributed by atoms with E-state index in [2.05, 4.69) is 31.8 Å². The zero-order valence-electron chi connectivity index (χ0n) is 19.0. The van der Waals surface area contributed by atoms with Gasteiger partial charge in [0, 0.05) is 49.9 Å². The molecule has 1 amide bonds. The van der Waals surface area contributed by atoms with Crippen molar-refractivity contribution in [3.05, 3.63) is 29.8 Å². The van der Waals surface area contributed by atoms with Crippen LogP contribution >= 0.6 is 0 Å². The van der Waals surface area contributed by atoms with Gasteiger partial charge in [0.05, 0.1) is 11.8 Å². The third-order valence-corrected chi connectivity index (χ3v) is 6.71. The molecular weight excluding hydrogens is 416 g/mol. The first kappa shape index (κ1) is 21.5. The number of fused-ring (bicyclic) bond motifs is 3. The second-order valence-corrected chi connectivity index (χ2v) is 9.12. The van der Waals surface area contributed by atoms with Crippen LogP contribution in [0.1, 0.15) is 56.2 Å². The second-order valence-electron chi connectivity index (χ2n) is 9.12. The molecule has 0 spiro atoms. The van der Waals surface area contributed by atoms with Crippen LogP contribution in [0.25, 0.3) is 22.1 Å². The molecule has 2 aliphatic rings. The summed E-state index contributed by atoms with van der Waals surface area (Å²) >= 11 is 0. The van der Waals surface area contributed by atoms with Gasteiger partial charge in [0.15, 0.2) is 11.6 Å². The molecule has 9 nitrogen and oxygen atoms in total. The Labute approximate surface area is 193 Å². The molecule has 4 heterocycles. The normalized spacial score (nSPS) is 15.8. The third-order valence-electron chi connectivity index (χ3n) is 6.71. The van der Waals surface area contributed by atoms with Gasteiger partial charge >= 0.3 is 0 Å². The minimum absolute atomic E-state index is 0. The van der Waals surface area contributed by atoms with Crippen LogP contribution in [0.5, 0.6) is 0 Å². The van der Waals surface area contributed by atoms with Crippen LogP contribution in [-0.2, 0) is 20.6 Å². The molecule has 1 N–H and O–H groups in total. The molecule has 2 saturated carbocycles. The van der Waals surface area contributed by atoms with Crippen LogP contribution in [0.15, 0.2) is 18.5 Å². The van der Waals surface area contributed by atoms with E-state index in [0.717, 1.165) is 65.0 Å². The minimum Gasteiger partial charge on any atom is -0.333 e. The van der Waals surface area contributed by atoms with Crippen molar-refractivity contribution in [2.75, 3.05) is 5.32 Å². The van der Waals surface area contributed by atoms with E-state index in [0.29, 0.717) is 24.4 Å². The molecule has 0 aromatic carbocycles. The molecule has 2 fully saturated rings. The van der Waals surface area contributed by atoms with Crippen molar-refractivity contribution in [2.24, 2.45) is 14.1 Å². The van der Waals surface area contributed by atoms with Crippen LogP contribution in [0.2, 0.25) is 0 Å². The Morgan fingerprint density at radius 2 is 1.88 bits per heavy atom. The first-order chi connectivity index (χ1) is 15.5. The van der Waals surface area contributed by atoms with Gasteiger partial charge in [0.2, 0.25) is 0 Å². The van der Waals surface area contributed by atoms with Gasteiger partial charge in [0.1, 0.15) is 16.9 Å². The fourth-order valence-electron chi connectivity index (χ4n) is 4.71. The number of nitrogens with zero attached hydrogens (tertiary/aromatic N) is 7. The summed E-state index contributed by atoms with van der Waals surface area (Å²) in [6.07, 6.45) is 6.28. The molecule has 6 rings (SSSR count). The maximum Gasteiger partial charge on any atom is 0.271 e. The molecule has 9 heteroatoms. The van der Waals surface area contributed by atoms with Crippen molar-refractivity contribution >= 4 is 39.6 Å². The molecule has 0 unspecified atom stereocenters. The molecule has 33 heavy (non-hydrogen) atoms. The fourth-order valence-corrected chi connectivity index (χ4v) is 4.71. The lowest BCUT2D eigenvalue weighted by Crippen LogP contribution is -2.36. The maximum absolute atomic E-state index is 13.7. The Balaban J connectivity index is 0.00000228. The van der Waals surface area contributed by atoms with Gasteiger partial charge in [-0.05, 0) is 45.6 Å². The van der Waals surface area contributed by atoms with Gasteiger partial charge in [-0.2, -0.15) is 5.10 Å². The van der Waals surface area contributed by atoms with Gasteiger partial charge in [0.25, 0.3) is 5.91 Å². The SMILES string of the molecule is C.CCn1c(C(=O)N(C2CC2)C2CC2)cc2c3c(ncn3C)c(Nc3cc(C)n(C)n3)nc21. The van der Waals surface area contributed by atoms with Crippen molar-refractivity contribution in [3.63, 3.8) is 0 Å². The summed E-state index contributed by atoms with van der Waals surface area (Å²) in [5, 5.41) is 8.83. The summed E-state index contributed by atoms with van der Waals surface area (Å²) in [7, 11) is 3.90. The van der Waals surface area contributed by atoms with Gasteiger partial charge in [-0.15, -0.1) is 0 Å². The Bertz CT molecular complexity index is 1340. The van der Waals surface area contributed by atoms with Crippen molar-refractivity contribution in [2.45, 2.75) is 65.6 Å². The summed E-state index contributed by atoms with van der Waals surface area (Å²) in [5.41, 5.74) is 4.32. The van der Waals surface area contributed by atoms with Crippen molar-refractivity contribution < 1.29 is 4.79 Å². The number of anilines is 2. The summed E-state index contributed by atoms with van der Waals surface area (Å²) in [6.45, 7) is 4.75. The van der Waals surface area contributed by atoms with E-state index in [1.165, 1.54) is 0 Å². The van der Waals surface area contributed by atoms with E-state index in [1.807, 2.05) is 42.4 Å². The molecular formula is C24H32N8O.